The number of benzene rings is 2. The Kier molecular flexibility index (Phi) is 4.81. The van der Waals surface area contributed by atoms with Crippen molar-refractivity contribution in [3.8, 4) is 17.2 Å². The van der Waals surface area contributed by atoms with Gasteiger partial charge in [-0.25, -0.2) is 0 Å². The number of carbonyl (C=O) groups excluding carboxylic acids is 1. The molecule has 152 valence electrons. The van der Waals surface area contributed by atoms with Crippen molar-refractivity contribution in [3.05, 3.63) is 80.7 Å². The molecular formula is C24H21NO4S. The van der Waals surface area contributed by atoms with Gasteiger partial charge in [0.25, 0.3) is 0 Å². The minimum absolute atomic E-state index is 0.0940. The van der Waals surface area contributed by atoms with Gasteiger partial charge in [-0.1, -0.05) is 18.2 Å². The third-order valence-corrected chi connectivity index (χ3v) is 6.20. The highest BCUT2D eigenvalue weighted by molar-refractivity contribution is 7.09. The molecule has 0 bridgehead atoms. The monoisotopic (exact) mass is 419 g/mol. The van der Waals surface area contributed by atoms with Gasteiger partial charge in [-0.05, 0) is 53.8 Å². The SMILES string of the molecule is COc1cccc(/C=C2\Oc3c4c(cc(C)c3C2=O)OCN(Cc2cccs2)C4)c1. The Balaban J connectivity index is 1.48. The molecule has 3 heterocycles. The van der Waals surface area contributed by atoms with E-state index in [4.69, 9.17) is 14.2 Å². The highest BCUT2D eigenvalue weighted by atomic mass is 32.1. The topological polar surface area (TPSA) is 48.0 Å². The van der Waals surface area contributed by atoms with E-state index in [-0.39, 0.29) is 5.78 Å². The minimum Gasteiger partial charge on any atom is -0.497 e. The van der Waals surface area contributed by atoms with Gasteiger partial charge in [0, 0.05) is 18.0 Å². The van der Waals surface area contributed by atoms with Crippen LogP contribution in [0.1, 0.15) is 31.9 Å². The summed E-state index contributed by atoms with van der Waals surface area (Å²) in [5, 5.41) is 2.08. The predicted octanol–water partition coefficient (Wildman–Crippen LogP) is 5.03. The Morgan fingerprint density at radius 1 is 1.23 bits per heavy atom. The number of methoxy groups -OCH3 is 1. The van der Waals surface area contributed by atoms with Gasteiger partial charge in [-0.2, -0.15) is 0 Å². The third-order valence-electron chi connectivity index (χ3n) is 5.34. The lowest BCUT2D eigenvalue weighted by Crippen LogP contribution is -2.31. The smallest absolute Gasteiger partial charge is 0.232 e. The summed E-state index contributed by atoms with van der Waals surface area (Å²) < 4.78 is 17.4. The van der Waals surface area contributed by atoms with Crippen LogP contribution in [0.25, 0.3) is 6.08 Å². The first-order valence-electron chi connectivity index (χ1n) is 9.74. The molecule has 0 saturated heterocycles. The van der Waals surface area contributed by atoms with E-state index in [9.17, 15) is 4.79 Å². The fraction of sp³-hybridized carbons (Fsp3) is 0.208. The maximum atomic E-state index is 13.1. The molecule has 3 aromatic rings. The highest BCUT2D eigenvalue weighted by Gasteiger charge is 2.35. The van der Waals surface area contributed by atoms with E-state index in [1.807, 2.05) is 37.3 Å². The Labute approximate surface area is 179 Å². The van der Waals surface area contributed by atoms with Crippen LogP contribution in [0.4, 0.5) is 0 Å². The number of ether oxygens (including phenoxy) is 3. The van der Waals surface area contributed by atoms with Crippen molar-refractivity contribution in [2.75, 3.05) is 13.8 Å². The lowest BCUT2D eigenvalue weighted by Gasteiger charge is -2.29. The van der Waals surface area contributed by atoms with E-state index in [2.05, 4.69) is 22.4 Å². The van der Waals surface area contributed by atoms with Gasteiger partial charge in [0.05, 0.1) is 18.2 Å². The highest BCUT2D eigenvalue weighted by Crippen LogP contribution is 2.44. The molecule has 0 unspecified atom stereocenters. The molecule has 5 nitrogen and oxygen atoms in total. The summed E-state index contributed by atoms with van der Waals surface area (Å²) in [6.45, 7) is 3.93. The van der Waals surface area contributed by atoms with Crippen LogP contribution in [0.15, 0.2) is 53.6 Å². The summed E-state index contributed by atoms with van der Waals surface area (Å²) in [6.07, 6.45) is 1.77. The van der Waals surface area contributed by atoms with Crippen LogP contribution in [0, 0.1) is 6.92 Å². The average molecular weight is 420 g/mol. The molecule has 0 spiro atoms. The number of carbonyl (C=O) groups is 1. The van der Waals surface area contributed by atoms with E-state index < -0.39 is 0 Å². The number of nitrogens with zero attached hydrogens (tertiary/aromatic N) is 1. The number of ketones is 1. The quantitative estimate of drug-likeness (QED) is 0.555. The van der Waals surface area contributed by atoms with Crippen LogP contribution in [-0.2, 0) is 13.1 Å². The van der Waals surface area contributed by atoms with E-state index in [0.29, 0.717) is 30.3 Å². The zero-order valence-corrected chi connectivity index (χ0v) is 17.6. The average Bonchev–Trinajstić information content (AvgIpc) is 3.37. The maximum Gasteiger partial charge on any atom is 0.232 e. The molecule has 0 saturated carbocycles. The van der Waals surface area contributed by atoms with Gasteiger partial charge in [0.15, 0.2) is 5.76 Å². The summed E-state index contributed by atoms with van der Waals surface area (Å²) in [4.78, 5) is 16.6. The first-order chi connectivity index (χ1) is 14.6. The van der Waals surface area contributed by atoms with E-state index in [0.717, 1.165) is 34.7 Å². The molecule has 0 fully saturated rings. The van der Waals surface area contributed by atoms with Crippen molar-refractivity contribution in [3.63, 3.8) is 0 Å². The van der Waals surface area contributed by atoms with Crippen LogP contribution in [-0.4, -0.2) is 24.5 Å². The van der Waals surface area contributed by atoms with Crippen molar-refractivity contribution < 1.29 is 19.0 Å². The Morgan fingerprint density at radius 2 is 2.13 bits per heavy atom. The number of Topliss-reactive ketones (excluding diaryl/α,β-unsaturated/α-hetero) is 1. The Morgan fingerprint density at radius 3 is 2.93 bits per heavy atom. The van der Waals surface area contributed by atoms with Gasteiger partial charge in [-0.3, -0.25) is 9.69 Å². The van der Waals surface area contributed by atoms with Crippen molar-refractivity contribution >= 4 is 23.2 Å². The zero-order chi connectivity index (χ0) is 20.7. The number of rotatable bonds is 4. The number of thiophene rings is 1. The minimum atomic E-state index is -0.0940. The predicted molar refractivity (Wildman–Crippen MR) is 116 cm³/mol. The molecule has 1 aromatic heterocycles. The summed E-state index contributed by atoms with van der Waals surface area (Å²) >= 11 is 1.73. The lowest BCUT2D eigenvalue weighted by atomic mass is 9.98. The molecule has 2 aromatic carbocycles. The lowest BCUT2D eigenvalue weighted by molar-refractivity contribution is 0.0881. The number of allylic oxidation sites excluding steroid dienone is 1. The van der Waals surface area contributed by atoms with E-state index >= 15 is 0 Å². The number of hydrogen-bond acceptors (Lipinski definition) is 6. The molecule has 5 rings (SSSR count). The fourth-order valence-corrected chi connectivity index (χ4v) is 4.63. The molecule has 0 atom stereocenters. The Hall–Kier alpha value is -3.09. The second-order valence-corrected chi connectivity index (χ2v) is 8.46. The maximum absolute atomic E-state index is 13.1. The summed E-state index contributed by atoms with van der Waals surface area (Å²) in [6, 6.07) is 13.7. The number of hydrogen-bond donors (Lipinski definition) is 0. The first kappa shape index (κ1) is 18.9. The molecule has 2 aliphatic heterocycles. The first-order valence-corrected chi connectivity index (χ1v) is 10.6. The molecule has 0 radical (unpaired) electrons. The second kappa shape index (κ2) is 7.63. The molecule has 0 amide bonds. The summed E-state index contributed by atoms with van der Waals surface area (Å²) in [5.41, 5.74) is 3.28. The van der Waals surface area contributed by atoms with Crippen molar-refractivity contribution in [1.29, 1.82) is 0 Å². The van der Waals surface area contributed by atoms with Gasteiger partial charge in [-0.15, -0.1) is 11.3 Å². The van der Waals surface area contributed by atoms with E-state index in [1.54, 1.807) is 24.5 Å². The molecule has 2 aliphatic rings. The number of fused-ring (bicyclic) bond motifs is 3. The van der Waals surface area contributed by atoms with Gasteiger partial charge in [0.2, 0.25) is 5.78 Å². The largest absolute Gasteiger partial charge is 0.497 e. The number of aryl methyl sites for hydroxylation is 1. The Bertz CT molecular complexity index is 1150. The zero-order valence-electron chi connectivity index (χ0n) is 16.8. The fourth-order valence-electron chi connectivity index (χ4n) is 3.88. The molecule has 0 aliphatic carbocycles. The molecule has 0 N–H and O–H groups in total. The van der Waals surface area contributed by atoms with Gasteiger partial charge < -0.3 is 14.2 Å². The van der Waals surface area contributed by atoms with Crippen molar-refractivity contribution in [2.45, 2.75) is 20.0 Å². The second-order valence-electron chi connectivity index (χ2n) is 7.43. The van der Waals surface area contributed by atoms with Crippen LogP contribution < -0.4 is 14.2 Å². The summed E-state index contributed by atoms with van der Waals surface area (Å²) in [7, 11) is 1.62. The van der Waals surface area contributed by atoms with Crippen LogP contribution in [0.3, 0.4) is 0 Å². The van der Waals surface area contributed by atoms with Crippen LogP contribution >= 0.6 is 11.3 Å². The molecule has 30 heavy (non-hydrogen) atoms. The van der Waals surface area contributed by atoms with Gasteiger partial charge in [0.1, 0.15) is 24.0 Å². The molecule has 6 heteroatoms. The molecular weight excluding hydrogens is 398 g/mol. The van der Waals surface area contributed by atoms with Crippen LogP contribution in [0.5, 0.6) is 17.2 Å². The normalized spacial score (nSPS) is 16.7. The van der Waals surface area contributed by atoms with E-state index in [1.165, 1.54) is 4.88 Å². The third kappa shape index (κ3) is 3.38. The summed E-state index contributed by atoms with van der Waals surface area (Å²) in [5.74, 6) is 2.39. The van der Waals surface area contributed by atoms with Crippen molar-refractivity contribution in [2.24, 2.45) is 0 Å². The van der Waals surface area contributed by atoms with Crippen LogP contribution in [0.2, 0.25) is 0 Å². The van der Waals surface area contributed by atoms with Crippen molar-refractivity contribution in [1.82, 2.24) is 4.90 Å². The standard InChI is InChI=1S/C24H21NO4S/c1-15-9-20-19(13-25(14-28-20)12-18-7-4-8-30-18)24-22(15)23(26)21(29-24)11-16-5-3-6-17(10-16)27-2/h3-11H,12-14H2,1-2H3/b21-11-. The van der Waals surface area contributed by atoms with Gasteiger partial charge >= 0.3 is 0 Å².